The Balaban J connectivity index is -0.00000150. The van der Waals surface area contributed by atoms with Crippen molar-refractivity contribution in [2.24, 2.45) is 0 Å². The van der Waals surface area contributed by atoms with Gasteiger partial charge < -0.3 is 29.7 Å². The molecule has 0 rings (SSSR count). The molecule has 34 heavy (non-hydrogen) atoms. The monoisotopic (exact) mass is 510 g/mol. The van der Waals surface area contributed by atoms with E-state index in [9.17, 15) is 29.7 Å². The zero-order chi connectivity index (χ0) is 23.3. The molecule has 8 nitrogen and oxygen atoms in total. The Morgan fingerprint density at radius 3 is 1.12 bits per heavy atom. The number of hydrogen-bond donors (Lipinski definition) is 0. The van der Waals surface area contributed by atoms with Gasteiger partial charge in [-0.05, 0) is 13.0 Å². The van der Waals surface area contributed by atoms with Crippen LogP contribution in [0, 0.1) is 0 Å². The minimum Gasteiger partial charge on any atom is -0.549 e. The second kappa shape index (κ2) is 30.6. The van der Waals surface area contributed by atoms with Crippen molar-refractivity contribution in [2.45, 2.75) is 96.8 Å². The first kappa shape index (κ1) is 42.4. The van der Waals surface area contributed by atoms with Gasteiger partial charge in [0, 0.05) is 19.6 Å². The quantitative estimate of drug-likeness (QED) is 0.0754. The molecule has 0 spiro atoms. The predicted molar refractivity (Wildman–Crippen MR) is 113 cm³/mol. The molecule has 0 unspecified atom stereocenters. The van der Waals surface area contributed by atoms with E-state index in [0.29, 0.717) is 6.54 Å². The summed E-state index contributed by atoms with van der Waals surface area (Å²) in [6, 6.07) is 0. The molecule has 0 aromatic heterocycles. The van der Waals surface area contributed by atoms with Crippen LogP contribution >= 0.6 is 0 Å². The zero-order valence-electron chi connectivity index (χ0n) is 22.3. The SMILES string of the molecule is CCCCCCCCCCCCCCCCN(CC(=O)[O-])CN(CC(=O)[O-])CC(=O)[O-].[Na+].[Na+].[Na+]. The van der Waals surface area contributed by atoms with Crippen molar-refractivity contribution in [1.29, 1.82) is 0 Å². The van der Waals surface area contributed by atoms with E-state index in [4.69, 9.17) is 0 Å². The molecule has 0 fully saturated rings. The minimum absolute atomic E-state index is 0. The topological polar surface area (TPSA) is 127 Å². The maximum Gasteiger partial charge on any atom is 1.00 e. The van der Waals surface area contributed by atoms with Crippen molar-refractivity contribution in [1.82, 2.24) is 9.80 Å². The third kappa shape index (κ3) is 31.4. The molecule has 0 amide bonds. The van der Waals surface area contributed by atoms with Gasteiger partial charge in [-0.15, -0.1) is 0 Å². The molecule has 0 heterocycles. The van der Waals surface area contributed by atoms with Gasteiger partial charge in [0.1, 0.15) is 0 Å². The fourth-order valence-electron chi connectivity index (χ4n) is 3.72. The number of carboxylic acids is 3. The van der Waals surface area contributed by atoms with E-state index < -0.39 is 31.0 Å². The molecule has 0 aliphatic heterocycles. The Morgan fingerprint density at radius 2 is 0.794 bits per heavy atom. The number of hydrogen-bond acceptors (Lipinski definition) is 8. The Kier molecular flexibility index (Phi) is 38.1. The first-order valence-electron chi connectivity index (χ1n) is 11.9. The Bertz CT molecular complexity index is 485. The molecular weight excluding hydrogens is 469 g/mol. The van der Waals surface area contributed by atoms with Crippen molar-refractivity contribution in [3.05, 3.63) is 0 Å². The van der Waals surface area contributed by atoms with Crippen LogP contribution in [0.4, 0.5) is 0 Å². The fraction of sp³-hybridized carbons (Fsp3) is 0.870. The van der Waals surface area contributed by atoms with Crippen molar-refractivity contribution in [2.75, 3.05) is 32.8 Å². The average Bonchev–Trinajstić information content (AvgIpc) is 2.66. The van der Waals surface area contributed by atoms with E-state index in [-0.39, 0.29) is 102 Å². The maximum atomic E-state index is 11.0. The standard InChI is InChI=1S/C23H44N2O6.3Na/c1-2-3-4-5-6-7-8-9-10-11-12-13-14-15-16-24(17-21(26)27)20-25(18-22(28)29)19-23(30)31;;;/h2-20H2,1H3,(H,26,27)(H,28,29)(H,30,31);;;/q;3*+1/p-3. The normalized spacial score (nSPS) is 10.3. The van der Waals surface area contributed by atoms with Crippen LogP contribution < -0.4 is 104 Å². The van der Waals surface area contributed by atoms with Gasteiger partial charge in [0.15, 0.2) is 0 Å². The number of aliphatic carboxylic acids is 3. The van der Waals surface area contributed by atoms with Crippen LogP contribution in [0.15, 0.2) is 0 Å². The Hall–Kier alpha value is 1.33. The van der Waals surface area contributed by atoms with Crippen LogP contribution in [0.5, 0.6) is 0 Å². The number of nitrogens with zero attached hydrogens (tertiary/aromatic N) is 2. The third-order valence-electron chi connectivity index (χ3n) is 5.29. The summed E-state index contributed by atoms with van der Waals surface area (Å²) in [5.41, 5.74) is 0. The molecule has 0 N–H and O–H groups in total. The van der Waals surface area contributed by atoms with E-state index in [1.807, 2.05) is 0 Å². The van der Waals surface area contributed by atoms with Crippen LogP contribution in [0.1, 0.15) is 96.8 Å². The second-order valence-corrected chi connectivity index (χ2v) is 8.39. The van der Waals surface area contributed by atoms with Gasteiger partial charge in [-0.3, -0.25) is 9.80 Å². The second-order valence-electron chi connectivity index (χ2n) is 8.39. The van der Waals surface area contributed by atoms with E-state index in [0.717, 1.165) is 30.6 Å². The zero-order valence-corrected chi connectivity index (χ0v) is 28.3. The molecular formula is C23H41N2Na3O6. The molecule has 0 aliphatic rings. The first-order chi connectivity index (χ1) is 14.8. The summed E-state index contributed by atoms with van der Waals surface area (Å²) in [7, 11) is 0. The number of rotatable bonds is 23. The number of unbranched alkanes of at least 4 members (excludes halogenated alkanes) is 13. The van der Waals surface area contributed by atoms with E-state index in [1.165, 1.54) is 69.1 Å². The van der Waals surface area contributed by atoms with Gasteiger partial charge in [0.05, 0.1) is 24.6 Å². The molecule has 0 aromatic rings. The van der Waals surface area contributed by atoms with Crippen molar-refractivity contribution in [3.63, 3.8) is 0 Å². The summed E-state index contributed by atoms with van der Waals surface area (Å²) in [5.74, 6) is -4.13. The van der Waals surface area contributed by atoms with Crippen molar-refractivity contribution >= 4 is 17.9 Å². The smallest absolute Gasteiger partial charge is 0.549 e. The predicted octanol–water partition coefficient (Wildman–Crippen LogP) is -8.71. The van der Waals surface area contributed by atoms with Crippen molar-refractivity contribution < 1.29 is 118 Å². The van der Waals surface area contributed by atoms with E-state index >= 15 is 0 Å². The Labute approximate surface area is 272 Å². The van der Waals surface area contributed by atoms with Crippen LogP contribution in [-0.4, -0.2) is 60.6 Å². The summed E-state index contributed by atoms with van der Waals surface area (Å²) in [6.07, 6.45) is 17.1. The van der Waals surface area contributed by atoms with Gasteiger partial charge >= 0.3 is 88.7 Å². The number of carbonyl (C=O) groups excluding carboxylic acids is 3. The minimum atomic E-state index is -1.42. The third-order valence-corrected chi connectivity index (χ3v) is 5.29. The Morgan fingerprint density at radius 1 is 0.500 bits per heavy atom. The van der Waals surface area contributed by atoms with Crippen LogP contribution in [0.2, 0.25) is 0 Å². The van der Waals surface area contributed by atoms with Crippen LogP contribution in [0.3, 0.4) is 0 Å². The molecule has 0 saturated carbocycles. The molecule has 182 valence electrons. The summed E-state index contributed by atoms with van der Waals surface area (Å²) >= 11 is 0. The van der Waals surface area contributed by atoms with Gasteiger partial charge in [-0.2, -0.15) is 0 Å². The summed E-state index contributed by atoms with van der Waals surface area (Å²) < 4.78 is 0. The largest absolute Gasteiger partial charge is 1.00 e. The molecule has 0 radical (unpaired) electrons. The van der Waals surface area contributed by atoms with E-state index in [1.54, 1.807) is 0 Å². The number of carboxylic acid groups (broad SMARTS) is 3. The van der Waals surface area contributed by atoms with Gasteiger partial charge in [-0.1, -0.05) is 90.4 Å². The van der Waals surface area contributed by atoms with Crippen LogP contribution in [-0.2, 0) is 14.4 Å². The molecule has 0 aromatic carbocycles. The first-order valence-corrected chi connectivity index (χ1v) is 11.9. The summed E-state index contributed by atoms with van der Waals surface area (Å²) in [5, 5.41) is 32.5. The van der Waals surface area contributed by atoms with Crippen molar-refractivity contribution in [3.8, 4) is 0 Å². The molecule has 0 atom stereocenters. The van der Waals surface area contributed by atoms with E-state index in [2.05, 4.69) is 6.92 Å². The summed E-state index contributed by atoms with van der Waals surface area (Å²) in [4.78, 5) is 35.1. The van der Waals surface area contributed by atoms with Gasteiger partial charge in [0.2, 0.25) is 0 Å². The van der Waals surface area contributed by atoms with Gasteiger partial charge in [-0.25, -0.2) is 0 Å². The van der Waals surface area contributed by atoms with Crippen LogP contribution in [0.25, 0.3) is 0 Å². The fourth-order valence-corrected chi connectivity index (χ4v) is 3.72. The molecule has 11 heteroatoms. The molecule has 0 saturated heterocycles. The molecule has 0 aliphatic carbocycles. The van der Waals surface area contributed by atoms with Gasteiger partial charge in [0.25, 0.3) is 0 Å². The summed E-state index contributed by atoms with van der Waals surface area (Å²) in [6.45, 7) is 0.982. The number of carbonyl (C=O) groups is 3. The maximum absolute atomic E-state index is 11.0. The average molecular weight is 511 g/mol. The molecule has 0 bridgehead atoms.